The number of piperazine rings is 1. The maximum absolute atomic E-state index is 11.6. The molecule has 8 nitrogen and oxygen atoms in total. The number of nitrogens with zero attached hydrogens (tertiary/aromatic N) is 5. The van der Waals surface area contributed by atoms with Crippen LogP contribution >= 0.6 is 0 Å². The molecule has 1 amide bonds. The van der Waals surface area contributed by atoms with Crippen LogP contribution in [0.25, 0.3) is 22.2 Å². The second-order valence-electron chi connectivity index (χ2n) is 6.85. The molecule has 1 aliphatic rings. The molecule has 0 spiro atoms. The zero-order valence-electron chi connectivity index (χ0n) is 15.5. The predicted molar refractivity (Wildman–Crippen MR) is 107 cm³/mol. The number of benzene rings is 1. The van der Waals surface area contributed by atoms with E-state index in [9.17, 15) is 4.79 Å². The molecule has 0 bridgehead atoms. The minimum atomic E-state index is 0.111. The summed E-state index contributed by atoms with van der Waals surface area (Å²) in [5, 5.41) is 5.19. The molecule has 4 rings (SSSR count). The molecule has 8 heteroatoms. The Balaban J connectivity index is 1.80. The van der Waals surface area contributed by atoms with Crippen LogP contribution in [0, 0.1) is 0 Å². The molecule has 0 saturated carbocycles. The average molecular weight is 365 g/mol. The summed E-state index contributed by atoms with van der Waals surface area (Å²) in [6, 6.07) is 9.76. The lowest BCUT2D eigenvalue weighted by Gasteiger charge is -2.35. The van der Waals surface area contributed by atoms with Gasteiger partial charge in [-0.3, -0.25) is 4.79 Å². The smallest absolute Gasteiger partial charge is 0.219 e. The first kappa shape index (κ1) is 17.1. The molecule has 4 N–H and O–H groups in total. The summed E-state index contributed by atoms with van der Waals surface area (Å²) in [6.07, 6.45) is 0. The summed E-state index contributed by atoms with van der Waals surface area (Å²) in [5.74, 6) is 1.43. The number of fused-ring (bicyclic) bond motifs is 1. The Morgan fingerprint density at radius 3 is 2.37 bits per heavy atom. The van der Waals surface area contributed by atoms with E-state index in [0.717, 1.165) is 41.1 Å². The number of amides is 1. The van der Waals surface area contributed by atoms with Crippen molar-refractivity contribution < 1.29 is 4.79 Å². The van der Waals surface area contributed by atoms with Crippen molar-refractivity contribution in [2.24, 2.45) is 7.05 Å². The number of nitrogen functional groups attached to an aromatic ring is 2. The fourth-order valence-electron chi connectivity index (χ4n) is 3.57. The molecule has 0 unspecified atom stereocenters. The monoisotopic (exact) mass is 365 g/mol. The van der Waals surface area contributed by atoms with Crippen molar-refractivity contribution in [3.05, 3.63) is 30.3 Å². The van der Waals surface area contributed by atoms with Crippen molar-refractivity contribution in [2.75, 3.05) is 42.5 Å². The van der Waals surface area contributed by atoms with E-state index in [4.69, 9.17) is 16.5 Å². The normalized spacial score (nSPS) is 14.7. The van der Waals surface area contributed by atoms with Crippen LogP contribution in [-0.4, -0.2) is 51.8 Å². The number of hydrogen-bond donors (Lipinski definition) is 2. The molecule has 140 valence electrons. The van der Waals surface area contributed by atoms with E-state index in [1.54, 1.807) is 11.6 Å². The number of carbonyl (C=O) groups is 1. The highest BCUT2D eigenvalue weighted by Crippen LogP contribution is 2.35. The second-order valence-corrected chi connectivity index (χ2v) is 6.85. The second kappa shape index (κ2) is 6.46. The molecule has 0 aliphatic carbocycles. The average Bonchev–Trinajstić information content (AvgIpc) is 2.96. The van der Waals surface area contributed by atoms with Crippen LogP contribution in [-0.2, 0) is 11.8 Å². The minimum absolute atomic E-state index is 0.111. The van der Waals surface area contributed by atoms with Gasteiger partial charge in [-0.05, 0) is 23.8 Å². The molecule has 1 saturated heterocycles. The van der Waals surface area contributed by atoms with Crippen LogP contribution in [0.3, 0.4) is 0 Å². The lowest BCUT2D eigenvalue weighted by Crippen LogP contribution is -2.48. The number of hydrogen-bond acceptors (Lipinski definition) is 6. The first-order valence-corrected chi connectivity index (χ1v) is 8.93. The molecule has 1 fully saturated rings. The lowest BCUT2D eigenvalue weighted by atomic mass is 10.0. The van der Waals surface area contributed by atoms with Crippen LogP contribution in [0.15, 0.2) is 30.3 Å². The predicted octanol–water partition coefficient (Wildman–Crippen LogP) is 1.47. The highest BCUT2D eigenvalue weighted by atomic mass is 16.2. The standard InChI is InChI=1S/C19H23N7O/c1-12(27)25-7-9-26(10-8-25)16-11-15(13-3-5-14(20)6-4-13)17-18(21)23-24(2)19(17)22-16/h3-6,11H,7-10,20H2,1-2H3,(H2,21,23). The molecule has 27 heavy (non-hydrogen) atoms. The first-order valence-electron chi connectivity index (χ1n) is 8.93. The topological polar surface area (TPSA) is 106 Å². The van der Waals surface area contributed by atoms with Crippen LogP contribution in [0.1, 0.15) is 6.92 Å². The molecule has 1 aromatic carbocycles. The third kappa shape index (κ3) is 3.03. The van der Waals surface area contributed by atoms with Crippen molar-refractivity contribution >= 4 is 34.3 Å². The summed E-state index contributed by atoms with van der Waals surface area (Å²) in [4.78, 5) is 20.5. The molecule has 3 aromatic rings. The fourth-order valence-corrected chi connectivity index (χ4v) is 3.57. The zero-order valence-corrected chi connectivity index (χ0v) is 15.5. The van der Waals surface area contributed by atoms with Gasteiger partial charge in [0.15, 0.2) is 11.5 Å². The van der Waals surface area contributed by atoms with E-state index in [1.165, 1.54) is 0 Å². The van der Waals surface area contributed by atoms with Crippen LogP contribution in [0.5, 0.6) is 0 Å². The Labute approximate surface area is 157 Å². The third-order valence-electron chi connectivity index (χ3n) is 5.08. The van der Waals surface area contributed by atoms with Gasteiger partial charge in [-0.1, -0.05) is 12.1 Å². The number of carbonyl (C=O) groups excluding carboxylic acids is 1. The molecule has 2 aromatic heterocycles. The molecule has 0 radical (unpaired) electrons. The van der Waals surface area contributed by atoms with E-state index >= 15 is 0 Å². The van der Waals surface area contributed by atoms with Crippen molar-refractivity contribution in [1.82, 2.24) is 19.7 Å². The number of aromatic nitrogens is 3. The highest BCUT2D eigenvalue weighted by molar-refractivity contribution is 6.01. The van der Waals surface area contributed by atoms with Crippen LogP contribution < -0.4 is 16.4 Å². The van der Waals surface area contributed by atoms with Crippen LogP contribution in [0.2, 0.25) is 0 Å². The number of pyridine rings is 1. The number of anilines is 3. The van der Waals surface area contributed by atoms with Gasteiger partial charge in [-0.25, -0.2) is 9.67 Å². The van der Waals surface area contributed by atoms with Gasteiger partial charge in [0.25, 0.3) is 0 Å². The van der Waals surface area contributed by atoms with Gasteiger partial charge in [0.05, 0.1) is 5.39 Å². The molecular weight excluding hydrogens is 342 g/mol. The summed E-state index contributed by atoms with van der Waals surface area (Å²) in [6.45, 7) is 4.48. The Bertz CT molecular complexity index is 1000. The molecular formula is C19H23N7O. The number of rotatable bonds is 2. The maximum Gasteiger partial charge on any atom is 0.219 e. The van der Waals surface area contributed by atoms with E-state index in [-0.39, 0.29) is 5.91 Å². The Morgan fingerprint density at radius 1 is 1.07 bits per heavy atom. The molecule has 1 aliphatic heterocycles. The van der Waals surface area contributed by atoms with Crippen molar-refractivity contribution in [2.45, 2.75) is 6.92 Å². The fraction of sp³-hybridized carbons (Fsp3) is 0.316. The quantitative estimate of drug-likeness (QED) is 0.666. The van der Waals surface area contributed by atoms with E-state index < -0.39 is 0 Å². The number of nitrogens with two attached hydrogens (primary N) is 2. The summed E-state index contributed by atoms with van der Waals surface area (Å²) >= 11 is 0. The molecule has 0 atom stereocenters. The van der Waals surface area contributed by atoms with Crippen LogP contribution in [0.4, 0.5) is 17.3 Å². The van der Waals surface area contributed by atoms with E-state index in [0.29, 0.717) is 24.6 Å². The maximum atomic E-state index is 11.6. The molecule has 3 heterocycles. The van der Waals surface area contributed by atoms with Crippen molar-refractivity contribution in [1.29, 1.82) is 0 Å². The van der Waals surface area contributed by atoms with Gasteiger partial charge in [0.1, 0.15) is 5.82 Å². The van der Waals surface area contributed by atoms with Gasteiger partial charge in [-0.15, -0.1) is 0 Å². The van der Waals surface area contributed by atoms with Gasteiger partial charge in [-0.2, -0.15) is 5.10 Å². The summed E-state index contributed by atoms with van der Waals surface area (Å²) in [5.41, 5.74) is 15.5. The Kier molecular flexibility index (Phi) is 4.10. The largest absolute Gasteiger partial charge is 0.399 e. The minimum Gasteiger partial charge on any atom is -0.399 e. The van der Waals surface area contributed by atoms with Gasteiger partial charge < -0.3 is 21.3 Å². The Morgan fingerprint density at radius 2 is 1.74 bits per heavy atom. The number of aryl methyl sites for hydroxylation is 1. The van der Waals surface area contributed by atoms with E-state index in [1.807, 2.05) is 36.2 Å². The highest BCUT2D eigenvalue weighted by Gasteiger charge is 2.22. The van der Waals surface area contributed by atoms with Gasteiger partial charge >= 0.3 is 0 Å². The first-order chi connectivity index (χ1) is 12.9. The Hall–Kier alpha value is -3.29. The summed E-state index contributed by atoms with van der Waals surface area (Å²) < 4.78 is 1.71. The SMILES string of the molecule is CC(=O)N1CCN(c2cc(-c3ccc(N)cc3)c3c(N)nn(C)c3n2)CC1. The van der Waals surface area contributed by atoms with Gasteiger partial charge in [0.2, 0.25) is 5.91 Å². The zero-order chi connectivity index (χ0) is 19.1. The van der Waals surface area contributed by atoms with Crippen molar-refractivity contribution in [3.8, 4) is 11.1 Å². The van der Waals surface area contributed by atoms with E-state index in [2.05, 4.69) is 16.1 Å². The third-order valence-corrected chi connectivity index (χ3v) is 5.08. The van der Waals surface area contributed by atoms with Crippen molar-refractivity contribution in [3.63, 3.8) is 0 Å². The lowest BCUT2D eigenvalue weighted by molar-refractivity contribution is -0.129. The van der Waals surface area contributed by atoms with Gasteiger partial charge in [0, 0.05) is 51.4 Å². The summed E-state index contributed by atoms with van der Waals surface area (Å²) in [7, 11) is 1.84.